The van der Waals surface area contributed by atoms with Gasteiger partial charge in [-0.25, -0.2) is 0 Å². The molecule has 2 unspecified atom stereocenters. The molecule has 2 heteroatoms. The van der Waals surface area contributed by atoms with Gasteiger partial charge in [-0.2, -0.15) is 0 Å². The highest BCUT2D eigenvalue weighted by Gasteiger charge is 2.24. The molecule has 0 amide bonds. The molecule has 1 aromatic carbocycles. The van der Waals surface area contributed by atoms with E-state index in [0.717, 1.165) is 19.6 Å². The van der Waals surface area contributed by atoms with Gasteiger partial charge in [-0.05, 0) is 50.4 Å². The molecule has 1 heterocycles. The Kier molecular flexibility index (Phi) is 3.39. The van der Waals surface area contributed by atoms with E-state index in [9.17, 15) is 0 Å². The average Bonchev–Trinajstić information content (AvgIpc) is 2.29. The molecule has 1 saturated heterocycles. The molecule has 0 aliphatic carbocycles. The van der Waals surface area contributed by atoms with E-state index in [1.807, 2.05) is 0 Å². The molecule has 0 spiro atoms. The van der Waals surface area contributed by atoms with Crippen LogP contribution < -0.4 is 11.1 Å². The number of hydrogen-bond donors (Lipinski definition) is 2. The molecule has 2 nitrogen and oxygen atoms in total. The van der Waals surface area contributed by atoms with Crippen molar-refractivity contribution < 1.29 is 0 Å². The lowest BCUT2D eigenvalue weighted by atomic mass is 9.81. The third kappa shape index (κ3) is 2.39. The van der Waals surface area contributed by atoms with Crippen molar-refractivity contribution in [1.82, 2.24) is 5.32 Å². The van der Waals surface area contributed by atoms with Crippen LogP contribution in [0.3, 0.4) is 0 Å². The Morgan fingerprint density at radius 3 is 3.07 bits per heavy atom. The number of rotatable bonds is 2. The van der Waals surface area contributed by atoms with Crippen molar-refractivity contribution in [3.8, 4) is 0 Å². The number of piperidine rings is 1. The molecule has 1 aliphatic rings. The highest BCUT2D eigenvalue weighted by atomic mass is 14.9. The van der Waals surface area contributed by atoms with Gasteiger partial charge in [0.05, 0.1) is 0 Å². The summed E-state index contributed by atoms with van der Waals surface area (Å²) < 4.78 is 0. The second kappa shape index (κ2) is 4.77. The normalized spacial score (nSPS) is 26.5. The van der Waals surface area contributed by atoms with Crippen molar-refractivity contribution >= 4 is 0 Å². The summed E-state index contributed by atoms with van der Waals surface area (Å²) in [6, 6.07) is 8.85. The van der Waals surface area contributed by atoms with E-state index in [0.29, 0.717) is 11.8 Å². The number of nitrogens with one attached hydrogen (secondary N) is 1. The predicted octanol–water partition coefficient (Wildman–Crippen LogP) is 1.65. The Hall–Kier alpha value is -0.860. The van der Waals surface area contributed by atoms with E-state index in [1.54, 1.807) is 0 Å². The van der Waals surface area contributed by atoms with Crippen LogP contribution in [0.25, 0.3) is 0 Å². The van der Waals surface area contributed by atoms with Gasteiger partial charge in [0.2, 0.25) is 0 Å². The van der Waals surface area contributed by atoms with Gasteiger partial charge < -0.3 is 11.1 Å². The summed E-state index contributed by atoms with van der Waals surface area (Å²) in [5, 5.41) is 3.42. The summed E-state index contributed by atoms with van der Waals surface area (Å²) in [7, 11) is 0. The Bertz CT molecular complexity index is 322. The molecule has 0 radical (unpaired) electrons. The average molecular weight is 204 g/mol. The van der Waals surface area contributed by atoms with Gasteiger partial charge in [-0.3, -0.25) is 0 Å². The van der Waals surface area contributed by atoms with Crippen molar-refractivity contribution in [1.29, 1.82) is 0 Å². The third-order valence-corrected chi connectivity index (χ3v) is 3.38. The zero-order chi connectivity index (χ0) is 10.7. The summed E-state index contributed by atoms with van der Waals surface area (Å²) in [5.74, 6) is 1.25. The molecular weight excluding hydrogens is 184 g/mol. The van der Waals surface area contributed by atoms with Gasteiger partial charge >= 0.3 is 0 Å². The van der Waals surface area contributed by atoms with Crippen LogP contribution in [-0.2, 0) is 0 Å². The van der Waals surface area contributed by atoms with Crippen molar-refractivity contribution in [2.45, 2.75) is 19.3 Å². The van der Waals surface area contributed by atoms with E-state index < -0.39 is 0 Å². The van der Waals surface area contributed by atoms with E-state index in [4.69, 9.17) is 5.73 Å². The zero-order valence-corrected chi connectivity index (χ0v) is 9.37. The van der Waals surface area contributed by atoms with Crippen LogP contribution in [0.4, 0.5) is 0 Å². The van der Waals surface area contributed by atoms with Gasteiger partial charge in [-0.1, -0.05) is 29.8 Å². The highest BCUT2D eigenvalue weighted by Crippen LogP contribution is 2.29. The maximum absolute atomic E-state index is 5.83. The minimum absolute atomic E-state index is 0.598. The Morgan fingerprint density at radius 1 is 1.47 bits per heavy atom. The van der Waals surface area contributed by atoms with Crippen LogP contribution in [0.15, 0.2) is 24.3 Å². The molecule has 3 N–H and O–H groups in total. The fourth-order valence-corrected chi connectivity index (χ4v) is 2.51. The number of hydrogen-bond acceptors (Lipinski definition) is 2. The van der Waals surface area contributed by atoms with Crippen LogP contribution in [0, 0.1) is 12.8 Å². The highest BCUT2D eigenvalue weighted by molar-refractivity contribution is 5.26. The summed E-state index contributed by atoms with van der Waals surface area (Å²) in [5.41, 5.74) is 8.64. The first-order chi connectivity index (χ1) is 7.31. The largest absolute Gasteiger partial charge is 0.330 e. The molecule has 1 aliphatic heterocycles. The van der Waals surface area contributed by atoms with E-state index >= 15 is 0 Å². The third-order valence-electron chi connectivity index (χ3n) is 3.38. The van der Waals surface area contributed by atoms with Gasteiger partial charge in [0.25, 0.3) is 0 Å². The van der Waals surface area contributed by atoms with Crippen molar-refractivity contribution in [3.63, 3.8) is 0 Å². The standard InChI is InChI=1S/C13H20N2/c1-10-3-2-4-11(7-10)13-5-6-15-9-12(13)8-14/h2-4,7,12-13,15H,5-6,8-9,14H2,1H3. The van der Waals surface area contributed by atoms with Crippen molar-refractivity contribution in [3.05, 3.63) is 35.4 Å². The van der Waals surface area contributed by atoms with Crippen molar-refractivity contribution in [2.75, 3.05) is 19.6 Å². The van der Waals surface area contributed by atoms with E-state index in [-0.39, 0.29) is 0 Å². The van der Waals surface area contributed by atoms with E-state index in [1.165, 1.54) is 17.5 Å². The van der Waals surface area contributed by atoms with Crippen LogP contribution in [0.1, 0.15) is 23.5 Å². The fraction of sp³-hybridized carbons (Fsp3) is 0.538. The van der Waals surface area contributed by atoms with Gasteiger partial charge in [0.15, 0.2) is 0 Å². The summed E-state index contributed by atoms with van der Waals surface area (Å²) >= 11 is 0. The minimum atomic E-state index is 0.598. The molecule has 1 aromatic rings. The lowest BCUT2D eigenvalue weighted by molar-refractivity contribution is 0.333. The van der Waals surface area contributed by atoms with Crippen LogP contribution in [0.2, 0.25) is 0 Å². The maximum Gasteiger partial charge on any atom is -0.000257 e. The monoisotopic (exact) mass is 204 g/mol. The fourth-order valence-electron chi connectivity index (χ4n) is 2.51. The lowest BCUT2D eigenvalue weighted by Gasteiger charge is -2.31. The van der Waals surface area contributed by atoms with Crippen LogP contribution >= 0.6 is 0 Å². The number of aryl methyl sites for hydroxylation is 1. The molecule has 0 bridgehead atoms. The van der Waals surface area contributed by atoms with Crippen molar-refractivity contribution in [2.24, 2.45) is 11.7 Å². The molecule has 2 rings (SSSR count). The Morgan fingerprint density at radius 2 is 2.33 bits per heavy atom. The topological polar surface area (TPSA) is 38.0 Å². The first kappa shape index (κ1) is 10.7. The first-order valence-corrected chi connectivity index (χ1v) is 5.78. The summed E-state index contributed by atoms with van der Waals surface area (Å²) in [6.07, 6.45) is 1.21. The molecule has 0 saturated carbocycles. The number of benzene rings is 1. The van der Waals surface area contributed by atoms with Crippen LogP contribution in [-0.4, -0.2) is 19.6 Å². The molecule has 0 aromatic heterocycles. The van der Waals surface area contributed by atoms with Crippen LogP contribution in [0.5, 0.6) is 0 Å². The lowest BCUT2D eigenvalue weighted by Crippen LogP contribution is -2.39. The van der Waals surface area contributed by atoms with E-state index in [2.05, 4.69) is 36.5 Å². The van der Waals surface area contributed by atoms with Gasteiger partial charge in [0.1, 0.15) is 0 Å². The van der Waals surface area contributed by atoms with Gasteiger partial charge in [-0.15, -0.1) is 0 Å². The molecular formula is C13H20N2. The quantitative estimate of drug-likeness (QED) is 0.768. The molecule has 15 heavy (non-hydrogen) atoms. The Balaban J connectivity index is 2.20. The predicted molar refractivity (Wildman–Crippen MR) is 64.0 cm³/mol. The number of nitrogens with two attached hydrogens (primary N) is 1. The molecule has 2 atom stereocenters. The molecule has 1 fully saturated rings. The maximum atomic E-state index is 5.83. The minimum Gasteiger partial charge on any atom is -0.330 e. The summed E-state index contributed by atoms with van der Waals surface area (Å²) in [6.45, 7) is 5.12. The molecule has 82 valence electrons. The van der Waals surface area contributed by atoms with Gasteiger partial charge in [0, 0.05) is 0 Å². The smallest absolute Gasteiger partial charge is 0.000257 e. The summed E-state index contributed by atoms with van der Waals surface area (Å²) in [4.78, 5) is 0. The Labute approximate surface area is 91.9 Å². The SMILES string of the molecule is Cc1cccc(C2CCNCC2CN)c1. The zero-order valence-electron chi connectivity index (χ0n) is 9.37. The second-order valence-electron chi connectivity index (χ2n) is 4.51. The second-order valence-corrected chi connectivity index (χ2v) is 4.51. The first-order valence-electron chi connectivity index (χ1n) is 5.78.